The van der Waals surface area contributed by atoms with Crippen LogP contribution in [0.5, 0.6) is 0 Å². The van der Waals surface area contributed by atoms with Gasteiger partial charge in [0, 0.05) is 57.3 Å². The van der Waals surface area contributed by atoms with Crippen molar-refractivity contribution < 1.29 is 9.53 Å². The summed E-state index contributed by atoms with van der Waals surface area (Å²) in [6.07, 6.45) is 0.173. The van der Waals surface area contributed by atoms with Crippen LogP contribution >= 0.6 is 11.3 Å². The zero-order chi connectivity index (χ0) is 18.4. The molecule has 1 saturated heterocycles. The summed E-state index contributed by atoms with van der Waals surface area (Å²) in [4.78, 5) is 21.3. The van der Waals surface area contributed by atoms with Crippen molar-refractivity contribution in [2.75, 3.05) is 39.8 Å². The molecule has 0 radical (unpaired) electrons. The van der Waals surface area contributed by atoms with E-state index in [0.717, 1.165) is 49.0 Å². The van der Waals surface area contributed by atoms with Crippen LogP contribution in [0.1, 0.15) is 12.1 Å². The number of hydrogen-bond acceptors (Lipinski definition) is 6. The van der Waals surface area contributed by atoms with Crippen molar-refractivity contribution in [2.24, 2.45) is 5.73 Å². The van der Waals surface area contributed by atoms with Crippen molar-refractivity contribution in [3.8, 4) is 10.6 Å². The summed E-state index contributed by atoms with van der Waals surface area (Å²) in [5, 5.41) is 3.19. The lowest BCUT2D eigenvalue weighted by Gasteiger charge is -2.35. The number of thiazole rings is 1. The third kappa shape index (κ3) is 4.88. The molecule has 26 heavy (non-hydrogen) atoms. The number of amides is 1. The SMILES string of the molecule is COC(CN)CC(=O)N1CCN(Cc2csc(-c3ccccc3)n2)CC1. The standard InChI is InChI=1S/C19H26N4O2S/c1-25-17(12-20)11-18(24)23-9-7-22(8-10-23)13-16-14-26-19(21-16)15-5-3-2-4-6-15/h2-6,14,17H,7-13,20H2,1H3. The molecule has 1 aliphatic rings. The number of carbonyl (C=O) groups excluding carboxylic acids is 1. The number of benzene rings is 1. The number of carbonyl (C=O) groups is 1. The fraction of sp³-hybridized carbons (Fsp3) is 0.474. The van der Waals surface area contributed by atoms with Gasteiger partial charge in [-0.3, -0.25) is 9.69 Å². The Balaban J connectivity index is 1.49. The molecular formula is C19H26N4O2S. The van der Waals surface area contributed by atoms with Crippen LogP contribution in [-0.4, -0.2) is 66.6 Å². The Labute approximate surface area is 158 Å². The maximum Gasteiger partial charge on any atom is 0.225 e. The molecule has 1 atom stereocenters. The summed E-state index contributed by atoms with van der Waals surface area (Å²) in [5.41, 5.74) is 7.86. The minimum Gasteiger partial charge on any atom is -0.380 e. The zero-order valence-electron chi connectivity index (χ0n) is 15.1. The van der Waals surface area contributed by atoms with Gasteiger partial charge in [0.1, 0.15) is 5.01 Å². The number of hydrogen-bond donors (Lipinski definition) is 1. The van der Waals surface area contributed by atoms with E-state index in [-0.39, 0.29) is 12.0 Å². The van der Waals surface area contributed by atoms with E-state index in [4.69, 9.17) is 15.5 Å². The smallest absolute Gasteiger partial charge is 0.225 e. The van der Waals surface area contributed by atoms with Crippen molar-refractivity contribution >= 4 is 17.2 Å². The molecule has 0 saturated carbocycles. The highest BCUT2D eigenvalue weighted by Gasteiger charge is 2.23. The molecule has 3 rings (SSSR count). The van der Waals surface area contributed by atoms with E-state index >= 15 is 0 Å². The molecule has 7 heteroatoms. The quantitative estimate of drug-likeness (QED) is 0.800. The van der Waals surface area contributed by atoms with Gasteiger partial charge in [-0.15, -0.1) is 11.3 Å². The van der Waals surface area contributed by atoms with Crippen molar-refractivity contribution in [3.63, 3.8) is 0 Å². The van der Waals surface area contributed by atoms with Gasteiger partial charge in [0.25, 0.3) is 0 Å². The number of nitrogens with two attached hydrogens (primary N) is 1. The molecule has 1 aliphatic heterocycles. The number of piperazine rings is 1. The zero-order valence-corrected chi connectivity index (χ0v) is 16.0. The van der Waals surface area contributed by atoms with E-state index in [0.29, 0.717) is 13.0 Å². The molecule has 1 aromatic heterocycles. The summed E-state index contributed by atoms with van der Waals surface area (Å²) in [6.45, 7) is 4.42. The first-order valence-corrected chi connectivity index (χ1v) is 9.80. The van der Waals surface area contributed by atoms with Crippen molar-refractivity contribution in [3.05, 3.63) is 41.4 Å². The molecule has 6 nitrogen and oxygen atoms in total. The summed E-state index contributed by atoms with van der Waals surface area (Å²) in [7, 11) is 1.60. The van der Waals surface area contributed by atoms with Gasteiger partial charge in [0.05, 0.1) is 18.2 Å². The van der Waals surface area contributed by atoms with Gasteiger partial charge >= 0.3 is 0 Å². The highest BCUT2D eigenvalue weighted by molar-refractivity contribution is 7.13. The van der Waals surface area contributed by atoms with E-state index in [1.165, 1.54) is 0 Å². The summed E-state index contributed by atoms with van der Waals surface area (Å²) < 4.78 is 5.21. The maximum atomic E-state index is 12.3. The minimum absolute atomic E-state index is 0.127. The van der Waals surface area contributed by atoms with Gasteiger partial charge in [0.15, 0.2) is 0 Å². The lowest BCUT2D eigenvalue weighted by atomic mass is 10.2. The second-order valence-electron chi connectivity index (χ2n) is 6.46. The third-order valence-corrected chi connectivity index (χ3v) is 5.62. The fourth-order valence-corrected chi connectivity index (χ4v) is 3.88. The van der Waals surface area contributed by atoms with Crippen molar-refractivity contribution in [1.82, 2.24) is 14.8 Å². The number of ether oxygens (including phenoxy) is 1. The Kier molecular flexibility index (Phi) is 6.73. The van der Waals surface area contributed by atoms with Gasteiger partial charge in [-0.1, -0.05) is 30.3 Å². The first-order chi connectivity index (χ1) is 12.7. The topological polar surface area (TPSA) is 71.7 Å². The Morgan fingerprint density at radius 3 is 2.65 bits per heavy atom. The van der Waals surface area contributed by atoms with Gasteiger partial charge in [-0.05, 0) is 0 Å². The third-order valence-electron chi connectivity index (χ3n) is 4.68. The molecular weight excluding hydrogens is 348 g/mol. The first kappa shape index (κ1) is 19.0. The van der Waals surface area contributed by atoms with Crippen LogP contribution in [0.2, 0.25) is 0 Å². The molecule has 0 spiro atoms. The van der Waals surface area contributed by atoms with Crippen LogP contribution in [-0.2, 0) is 16.1 Å². The highest BCUT2D eigenvalue weighted by atomic mass is 32.1. The second kappa shape index (κ2) is 9.23. The van der Waals surface area contributed by atoms with E-state index < -0.39 is 0 Å². The minimum atomic E-state index is -0.188. The number of aromatic nitrogens is 1. The fourth-order valence-electron chi connectivity index (χ4n) is 3.06. The monoisotopic (exact) mass is 374 g/mol. The summed E-state index contributed by atoms with van der Waals surface area (Å²) in [5.74, 6) is 0.127. The summed E-state index contributed by atoms with van der Waals surface area (Å²) >= 11 is 1.68. The van der Waals surface area contributed by atoms with Gasteiger partial charge < -0.3 is 15.4 Å². The first-order valence-electron chi connectivity index (χ1n) is 8.92. The largest absolute Gasteiger partial charge is 0.380 e. The normalized spacial score (nSPS) is 16.6. The van der Waals surface area contributed by atoms with E-state index in [1.807, 2.05) is 23.1 Å². The molecule has 2 N–H and O–H groups in total. The maximum absolute atomic E-state index is 12.3. The van der Waals surface area contributed by atoms with Gasteiger partial charge in [0.2, 0.25) is 5.91 Å². The average molecular weight is 375 g/mol. The molecule has 0 aliphatic carbocycles. The Morgan fingerprint density at radius 1 is 1.27 bits per heavy atom. The predicted molar refractivity (Wildman–Crippen MR) is 104 cm³/mol. The van der Waals surface area contributed by atoms with Gasteiger partial charge in [-0.25, -0.2) is 4.98 Å². The molecule has 1 fully saturated rings. The molecule has 1 unspecified atom stereocenters. The van der Waals surface area contributed by atoms with Crippen LogP contribution in [0.4, 0.5) is 0 Å². The Morgan fingerprint density at radius 2 is 2.00 bits per heavy atom. The number of rotatable bonds is 7. The molecule has 1 aromatic carbocycles. The lowest BCUT2D eigenvalue weighted by molar-refractivity contribution is -0.135. The van der Waals surface area contributed by atoms with Crippen LogP contribution in [0, 0.1) is 0 Å². The Hall–Kier alpha value is -1.80. The van der Waals surface area contributed by atoms with Gasteiger partial charge in [-0.2, -0.15) is 0 Å². The predicted octanol–water partition coefficient (Wildman–Crippen LogP) is 1.82. The highest BCUT2D eigenvalue weighted by Crippen LogP contribution is 2.24. The van der Waals surface area contributed by atoms with E-state index in [1.54, 1.807) is 18.4 Å². The second-order valence-corrected chi connectivity index (χ2v) is 7.32. The van der Waals surface area contributed by atoms with E-state index in [9.17, 15) is 4.79 Å². The molecule has 2 aromatic rings. The lowest BCUT2D eigenvalue weighted by Crippen LogP contribution is -2.49. The Bertz CT molecular complexity index is 695. The van der Waals surface area contributed by atoms with Crippen LogP contribution in [0.15, 0.2) is 35.7 Å². The molecule has 1 amide bonds. The molecule has 140 valence electrons. The number of nitrogens with zero attached hydrogens (tertiary/aromatic N) is 3. The molecule has 0 bridgehead atoms. The molecule has 2 heterocycles. The van der Waals surface area contributed by atoms with Crippen molar-refractivity contribution in [2.45, 2.75) is 19.1 Å². The van der Waals surface area contributed by atoms with Crippen LogP contribution < -0.4 is 5.73 Å². The average Bonchev–Trinajstić information content (AvgIpc) is 3.15. The van der Waals surface area contributed by atoms with Crippen molar-refractivity contribution in [1.29, 1.82) is 0 Å². The summed E-state index contributed by atoms with van der Waals surface area (Å²) in [6, 6.07) is 10.3. The van der Waals surface area contributed by atoms with Crippen LogP contribution in [0.25, 0.3) is 10.6 Å². The van der Waals surface area contributed by atoms with E-state index in [2.05, 4.69) is 22.4 Å². The number of methoxy groups -OCH3 is 1. The van der Waals surface area contributed by atoms with Crippen LogP contribution in [0.3, 0.4) is 0 Å².